The summed E-state index contributed by atoms with van der Waals surface area (Å²) in [4.78, 5) is 12.8. The summed E-state index contributed by atoms with van der Waals surface area (Å²) < 4.78 is 1.67. The first kappa shape index (κ1) is 21.0. The smallest absolute Gasteiger partial charge is 0.237 e. The molecule has 0 saturated carbocycles. The van der Waals surface area contributed by atoms with Gasteiger partial charge < -0.3 is 5.32 Å². The van der Waals surface area contributed by atoms with Crippen LogP contribution in [0.1, 0.15) is 49.8 Å². The molecule has 0 spiro atoms. The Balaban J connectivity index is 1.75. The molecule has 0 unspecified atom stereocenters. The van der Waals surface area contributed by atoms with E-state index in [0.717, 1.165) is 23.4 Å². The van der Waals surface area contributed by atoms with Crippen LogP contribution in [0.5, 0.6) is 0 Å². The molecule has 29 heavy (non-hydrogen) atoms. The van der Waals surface area contributed by atoms with Crippen LogP contribution >= 0.6 is 11.8 Å². The van der Waals surface area contributed by atoms with E-state index in [9.17, 15) is 4.79 Å². The van der Waals surface area contributed by atoms with E-state index in [2.05, 4.69) is 54.6 Å². The number of benzene rings is 2. The molecule has 152 valence electrons. The predicted octanol–water partition coefficient (Wildman–Crippen LogP) is 4.91. The van der Waals surface area contributed by atoms with Gasteiger partial charge in [-0.1, -0.05) is 49.9 Å². The zero-order valence-corrected chi connectivity index (χ0v) is 18.3. The number of nitrogens with one attached hydrogen (secondary N) is 1. The second kappa shape index (κ2) is 9.22. The fraction of sp³-hybridized carbons (Fsp3) is 0.364. The molecule has 2 aromatic carbocycles. The molecule has 0 saturated heterocycles. The Morgan fingerprint density at radius 2 is 1.90 bits per heavy atom. The van der Waals surface area contributed by atoms with Crippen molar-refractivity contribution in [1.29, 1.82) is 0 Å². The average Bonchev–Trinajstić information content (AvgIpc) is 3.17. The third-order valence-electron chi connectivity index (χ3n) is 5.19. The maximum Gasteiger partial charge on any atom is 0.237 e. The number of anilines is 1. The van der Waals surface area contributed by atoms with Crippen molar-refractivity contribution in [3.05, 3.63) is 59.2 Å². The van der Waals surface area contributed by atoms with Gasteiger partial charge in [-0.25, -0.2) is 0 Å². The van der Waals surface area contributed by atoms with E-state index in [4.69, 9.17) is 0 Å². The first-order valence-corrected chi connectivity index (χ1v) is 10.7. The van der Waals surface area contributed by atoms with E-state index in [-0.39, 0.29) is 11.2 Å². The molecule has 3 aromatic rings. The fourth-order valence-corrected chi connectivity index (χ4v) is 3.79. The Bertz CT molecular complexity index is 1000. The lowest BCUT2D eigenvalue weighted by Crippen LogP contribution is -2.23. The van der Waals surface area contributed by atoms with Crippen LogP contribution in [0.2, 0.25) is 0 Å². The highest BCUT2D eigenvalue weighted by Crippen LogP contribution is 2.28. The number of carbonyl (C=O) groups excluding carboxylic acids is 1. The van der Waals surface area contributed by atoms with Crippen LogP contribution in [0.25, 0.3) is 5.69 Å². The number of nitrogens with zero attached hydrogens (tertiary/aromatic N) is 4. The van der Waals surface area contributed by atoms with Crippen LogP contribution in [0.3, 0.4) is 0 Å². The van der Waals surface area contributed by atoms with Crippen molar-refractivity contribution in [2.75, 3.05) is 5.32 Å². The molecule has 7 heteroatoms. The van der Waals surface area contributed by atoms with Gasteiger partial charge in [0.05, 0.1) is 10.9 Å². The predicted molar refractivity (Wildman–Crippen MR) is 118 cm³/mol. The number of tetrazole rings is 1. The Morgan fingerprint density at radius 1 is 1.14 bits per heavy atom. The quantitative estimate of drug-likeness (QED) is 0.561. The number of amides is 1. The molecule has 1 heterocycles. The highest BCUT2D eigenvalue weighted by molar-refractivity contribution is 8.00. The monoisotopic (exact) mass is 409 g/mol. The molecular formula is C22H27N5OS. The lowest BCUT2D eigenvalue weighted by molar-refractivity contribution is -0.115. The van der Waals surface area contributed by atoms with Crippen LogP contribution < -0.4 is 5.32 Å². The van der Waals surface area contributed by atoms with Crippen molar-refractivity contribution in [2.45, 2.75) is 57.4 Å². The number of rotatable bonds is 7. The van der Waals surface area contributed by atoms with Crippen molar-refractivity contribution in [2.24, 2.45) is 0 Å². The van der Waals surface area contributed by atoms with Crippen molar-refractivity contribution in [3.8, 4) is 5.69 Å². The number of aryl methyl sites for hydroxylation is 2. The molecule has 0 aliphatic rings. The van der Waals surface area contributed by atoms with E-state index in [1.807, 2.05) is 43.3 Å². The van der Waals surface area contributed by atoms with E-state index < -0.39 is 0 Å². The van der Waals surface area contributed by atoms with Gasteiger partial charge in [0, 0.05) is 5.69 Å². The fourth-order valence-electron chi connectivity index (χ4n) is 2.98. The lowest BCUT2D eigenvalue weighted by Gasteiger charge is -2.17. The van der Waals surface area contributed by atoms with Crippen LogP contribution in [-0.4, -0.2) is 31.4 Å². The normalized spacial score (nSPS) is 13.1. The minimum Gasteiger partial charge on any atom is -0.325 e. The van der Waals surface area contributed by atoms with Gasteiger partial charge in [-0.2, -0.15) is 4.68 Å². The summed E-state index contributed by atoms with van der Waals surface area (Å²) in [6.07, 6.45) is 1.02. The lowest BCUT2D eigenvalue weighted by atomic mass is 9.97. The third kappa shape index (κ3) is 4.85. The van der Waals surface area contributed by atoms with Crippen molar-refractivity contribution < 1.29 is 4.79 Å². The summed E-state index contributed by atoms with van der Waals surface area (Å²) in [6, 6.07) is 14.0. The Kier molecular flexibility index (Phi) is 6.69. The standard InChI is InChI=1S/C22H27N5OS/c1-6-14(2)19-9-7-8-10-20(19)23-21(28)17(5)29-22-24-25-26-27(22)18-12-11-15(3)16(4)13-18/h7-14,17H,6H2,1-5H3,(H,23,28)/t14-,17-/m0/s1. The second-order valence-electron chi connectivity index (χ2n) is 7.29. The van der Waals surface area contributed by atoms with Gasteiger partial charge in [0.15, 0.2) is 0 Å². The van der Waals surface area contributed by atoms with Crippen LogP contribution in [-0.2, 0) is 4.79 Å². The van der Waals surface area contributed by atoms with Crippen molar-refractivity contribution >= 4 is 23.4 Å². The Labute approximate surface area is 176 Å². The van der Waals surface area contributed by atoms with Crippen LogP contribution in [0.4, 0.5) is 5.69 Å². The zero-order chi connectivity index (χ0) is 21.0. The first-order valence-electron chi connectivity index (χ1n) is 9.83. The maximum absolute atomic E-state index is 12.8. The first-order chi connectivity index (χ1) is 13.9. The van der Waals surface area contributed by atoms with Crippen LogP contribution in [0.15, 0.2) is 47.6 Å². The third-order valence-corrected chi connectivity index (χ3v) is 6.22. The van der Waals surface area contributed by atoms with Gasteiger partial charge >= 0.3 is 0 Å². The SMILES string of the molecule is CC[C@H](C)c1ccccc1NC(=O)[C@H](C)Sc1nnnn1-c1ccc(C)c(C)c1. The molecule has 6 nitrogen and oxygen atoms in total. The molecule has 2 atom stereocenters. The largest absolute Gasteiger partial charge is 0.325 e. The van der Waals surface area contributed by atoms with Crippen molar-refractivity contribution in [1.82, 2.24) is 20.2 Å². The Hall–Kier alpha value is -2.67. The van der Waals surface area contributed by atoms with E-state index in [1.165, 1.54) is 22.9 Å². The van der Waals surface area contributed by atoms with E-state index in [1.54, 1.807) is 4.68 Å². The molecule has 1 N–H and O–H groups in total. The molecule has 0 radical (unpaired) electrons. The molecular weight excluding hydrogens is 382 g/mol. The van der Waals surface area contributed by atoms with Gasteiger partial charge in [0.1, 0.15) is 0 Å². The number of hydrogen-bond acceptors (Lipinski definition) is 5. The van der Waals surface area contributed by atoms with Gasteiger partial charge in [-0.3, -0.25) is 4.79 Å². The van der Waals surface area contributed by atoms with E-state index in [0.29, 0.717) is 11.1 Å². The van der Waals surface area contributed by atoms with Crippen molar-refractivity contribution in [3.63, 3.8) is 0 Å². The topological polar surface area (TPSA) is 72.7 Å². The molecule has 3 rings (SSSR count). The summed E-state index contributed by atoms with van der Waals surface area (Å²) in [6.45, 7) is 10.3. The van der Waals surface area contributed by atoms with Gasteiger partial charge in [0.25, 0.3) is 0 Å². The highest BCUT2D eigenvalue weighted by atomic mass is 32.2. The summed E-state index contributed by atoms with van der Waals surface area (Å²) in [5.74, 6) is 0.312. The number of para-hydroxylation sites is 1. The number of thioether (sulfide) groups is 1. The Morgan fingerprint density at radius 3 is 2.62 bits per heavy atom. The minimum atomic E-state index is -0.351. The molecule has 0 fully saturated rings. The highest BCUT2D eigenvalue weighted by Gasteiger charge is 2.21. The summed E-state index contributed by atoms with van der Waals surface area (Å²) in [5.41, 5.74) is 5.29. The number of aromatic nitrogens is 4. The second-order valence-corrected chi connectivity index (χ2v) is 8.60. The van der Waals surface area contributed by atoms with Gasteiger partial charge in [-0.05, 0) is 78.4 Å². The number of carbonyl (C=O) groups is 1. The molecule has 1 aromatic heterocycles. The molecule has 0 bridgehead atoms. The number of hydrogen-bond donors (Lipinski definition) is 1. The van der Waals surface area contributed by atoms with Gasteiger partial charge in [-0.15, -0.1) is 5.10 Å². The summed E-state index contributed by atoms with van der Waals surface area (Å²) >= 11 is 1.34. The average molecular weight is 410 g/mol. The molecule has 0 aliphatic heterocycles. The summed E-state index contributed by atoms with van der Waals surface area (Å²) in [7, 11) is 0. The van der Waals surface area contributed by atoms with Gasteiger partial charge in [0.2, 0.25) is 11.1 Å². The zero-order valence-electron chi connectivity index (χ0n) is 17.5. The molecule has 1 amide bonds. The minimum absolute atomic E-state index is 0.0691. The molecule has 0 aliphatic carbocycles. The summed E-state index contributed by atoms with van der Waals surface area (Å²) in [5, 5.41) is 15.3. The van der Waals surface area contributed by atoms with E-state index >= 15 is 0 Å². The van der Waals surface area contributed by atoms with Crippen LogP contribution in [0, 0.1) is 13.8 Å². The maximum atomic E-state index is 12.8.